The average molecular weight is 866 g/mol. The zero-order valence-corrected chi connectivity index (χ0v) is 33.2. The molecule has 60 heavy (non-hydrogen) atoms. The fourth-order valence-electron chi connectivity index (χ4n) is 6.01. The highest BCUT2D eigenvalue weighted by Gasteiger charge is 2.37. The smallest absolute Gasteiger partial charge is 0.490 e. The van der Waals surface area contributed by atoms with E-state index in [9.17, 15) is 52.7 Å². The van der Waals surface area contributed by atoms with Crippen LogP contribution in [0, 0.1) is 6.07 Å². The zero-order valence-electron chi connectivity index (χ0n) is 33.2. The number of unbranched alkanes of at least 4 members (excludes halogenated alkanes) is 10. The maximum Gasteiger partial charge on any atom is 0.864 e. The van der Waals surface area contributed by atoms with E-state index < -0.39 is 54.3 Å². The van der Waals surface area contributed by atoms with Gasteiger partial charge in [0.2, 0.25) is 0 Å². The fourth-order valence-corrected chi connectivity index (χ4v) is 6.01. The minimum absolute atomic E-state index is 0.0539. The van der Waals surface area contributed by atoms with Crippen LogP contribution in [0.4, 0.5) is 58.4 Å². The Balaban J connectivity index is 0.000000837. The molecule has 1 atom stereocenters. The second-order valence-electron chi connectivity index (χ2n) is 13.9. The first-order chi connectivity index (χ1) is 28.2. The molecule has 17 heteroatoms. The Kier molecular flexibility index (Phi) is 19.5. The quantitative estimate of drug-likeness (QED) is 0.0416. The van der Waals surface area contributed by atoms with Crippen molar-refractivity contribution in [2.24, 2.45) is 0 Å². The van der Waals surface area contributed by atoms with Crippen molar-refractivity contribution in [2.45, 2.75) is 109 Å². The molecule has 0 aromatic heterocycles. The van der Waals surface area contributed by atoms with Crippen LogP contribution in [0.25, 0.3) is 0 Å². The molecule has 4 rings (SSSR count). The van der Waals surface area contributed by atoms with Crippen molar-refractivity contribution < 1.29 is 71.5 Å². The third-order valence-electron chi connectivity index (χ3n) is 9.29. The highest BCUT2D eigenvalue weighted by molar-refractivity contribution is 6.39. The summed E-state index contributed by atoms with van der Waals surface area (Å²) in [7, 11) is -1.81. The molecular formula is C43H48BF12NO3. The van der Waals surface area contributed by atoms with Gasteiger partial charge in [0.05, 0.1) is 29.8 Å². The van der Waals surface area contributed by atoms with E-state index in [0.717, 1.165) is 111 Å². The Hall–Kier alpha value is -4.54. The number of quaternary nitrogens is 1. The first-order valence-electron chi connectivity index (χ1n) is 19.7. The lowest BCUT2D eigenvalue weighted by Gasteiger charge is -2.23. The third-order valence-corrected chi connectivity index (χ3v) is 9.29. The first kappa shape index (κ1) is 49.8. The number of benzene rings is 4. The van der Waals surface area contributed by atoms with Gasteiger partial charge in [0, 0.05) is 6.07 Å². The minimum Gasteiger partial charge on any atom is -0.490 e. The van der Waals surface area contributed by atoms with Gasteiger partial charge in [0.15, 0.2) is 11.4 Å². The summed E-state index contributed by atoms with van der Waals surface area (Å²) in [6, 6.07) is 16.9. The number of rotatable bonds is 20. The molecule has 4 aromatic carbocycles. The van der Waals surface area contributed by atoms with Crippen molar-refractivity contribution in [3.05, 3.63) is 119 Å². The molecule has 0 aliphatic heterocycles. The van der Waals surface area contributed by atoms with Crippen LogP contribution in [0.15, 0.2) is 91.0 Å². The highest BCUT2D eigenvalue weighted by atomic mass is 19.4. The fraction of sp³-hybridized carbons (Fsp3) is 0.442. The van der Waals surface area contributed by atoms with Crippen LogP contribution in [-0.2, 0) is 24.7 Å². The van der Waals surface area contributed by atoms with Crippen LogP contribution < -0.4 is 18.9 Å². The Labute approximate surface area is 343 Å². The van der Waals surface area contributed by atoms with E-state index in [0.29, 0.717) is 18.0 Å². The van der Waals surface area contributed by atoms with Crippen molar-refractivity contribution in [3.63, 3.8) is 0 Å². The minimum atomic E-state index is -4.66. The molecular weight excluding hydrogens is 817 g/mol. The van der Waals surface area contributed by atoms with Gasteiger partial charge in [-0.25, -0.2) is 0 Å². The lowest BCUT2D eigenvalue weighted by atomic mass is 10.1. The summed E-state index contributed by atoms with van der Waals surface area (Å²) in [4.78, 5) is 0.685. The highest BCUT2D eigenvalue weighted by Crippen LogP contribution is 2.36. The van der Waals surface area contributed by atoms with Crippen molar-refractivity contribution in [2.75, 3.05) is 13.1 Å². The SMILES string of the molecule is CCCCCCCCCCCCC[NH+](CC)c1cc(C(F)(F)F)ccc1OB(Oc1ccc(C(F)(F)F)cc1)Oc1ccc(C(F)(F)F)cc1.FC(F)(F)c1cc[c-]cc1. The molecule has 0 spiro atoms. The van der Waals surface area contributed by atoms with Crippen molar-refractivity contribution in [3.8, 4) is 17.2 Å². The molecule has 0 fully saturated rings. The van der Waals surface area contributed by atoms with Gasteiger partial charge in [-0.2, -0.15) is 83.0 Å². The molecule has 0 aliphatic carbocycles. The van der Waals surface area contributed by atoms with Gasteiger partial charge >= 0.3 is 32.0 Å². The number of alkyl halides is 12. The first-order valence-corrected chi connectivity index (χ1v) is 19.7. The second-order valence-corrected chi connectivity index (χ2v) is 13.9. The van der Waals surface area contributed by atoms with Crippen molar-refractivity contribution >= 4 is 13.0 Å². The molecule has 0 bridgehead atoms. The molecule has 1 N–H and O–H groups in total. The predicted molar refractivity (Wildman–Crippen MR) is 205 cm³/mol. The number of hydrogen-bond donors (Lipinski definition) is 1. The van der Waals surface area contributed by atoms with E-state index in [2.05, 4.69) is 13.0 Å². The maximum absolute atomic E-state index is 13.8. The largest absolute Gasteiger partial charge is 0.864 e. The van der Waals surface area contributed by atoms with Gasteiger partial charge in [-0.15, -0.1) is 0 Å². The summed E-state index contributed by atoms with van der Waals surface area (Å²) in [5.74, 6) is -0.352. The van der Waals surface area contributed by atoms with E-state index >= 15 is 0 Å². The van der Waals surface area contributed by atoms with Crippen LogP contribution in [0.2, 0.25) is 0 Å². The summed E-state index contributed by atoms with van der Waals surface area (Å²) in [5.41, 5.74) is -3.30. The Morgan fingerprint density at radius 3 is 1.23 bits per heavy atom. The van der Waals surface area contributed by atoms with Gasteiger partial charge in [0.25, 0.3) is 0 Å². The molecule has 4 nitrogen and oxygen atoms in total. The number of hydrogen-bond acceptors (Lipinski definition) is 3. The standard InChI is InChI=1S/C36H43BF9NO3.C7H4F3/c1-3-5-6-7-8-9-10-11-12-13-14-25-47(4-2)32-26-29(36(44,45)46)19-24-33(32)50-37(48-30-20-15-27(16-21-30)34(38,39)40)49-31-22-17-28(18-23-31)35(41,42)43;8-7(9,10)6-4-2-1-3-5-6/h15-24,26H,3-14,25H2,1-2H3;2-5H/q;-1/p+1. The topological polar surface area (TPSA) is 32.1 Å². The molecule has 330 valence electrons. The van der Waals surface area contributed by atoms with E-state index in [4.69, 9.17) is 14.0 Å². The third kappa shape index (κ3) is 17.6. The Bertz CT molecular complexity index is 1740. The van der Waals surface area contributed by atoms with Crippen LogP contribution in [0.1, 0.15) is 107 Å². The van der Waals surface area contributed by atoms with Crippen LogP contribution in [0.3, 0.4) is 0 Å². The summed E-state index contributed by atoms with van der Waals surface area (Å²) in [5, 5.41) is 0. The van der Waals surface area contributed by atoms with Crippen LogP contribution >= 0.6 is 0 Å². The second kappa shape index (κ2) is 23.5. The monoisotopic (exact) mass is 865 g/mol. The van der Waals surface area contributed by atoms with Gasteiger partial charge < -0.3 is 14.0 Å². The summed E-state index contributed by atoms with van der Waals surface area (Å²) in [6.45, 7) is 4.89. The molecule has 0 heterocycles. The molecule has 0 saturated heterocycles. The van der Waals surface area contributed by atoms with Crippen LogP contribution in [0.5, 0.6) is 17.2 Å². The average Bonchev–Trinajstić information content (AvgIpc) is 3.18. The van der Waals surface area contributed by atoms with E-state index in [1.54, 1.807) is 0 Å². The van der Waals surface area contributed by atoms with Gasteiger partial charge in [0.1, 0.15) is 11.5 Å². The van der Waals surface area contributed by atoms with E-state index in [1.807, 2.05) is 6.92 Å². The van der Waals surface area contributed by atoms with Gasteiger partial charge in [-0.3, -0.25) is 4.90 Å². The molecule has 0 amide bonds. The number of nitrogens with one attached hydrogen (secondary N) is 1. The Morgan fingerprint density at radius 1 is 0.467 bits per heavy atom. The summed E-state index contributed by atoms with van der Waals surface area (Å²) < 4.78 is 173. The lowest BCUT2D eigenvalue weighted by molar-refractivity contribution is -0.831. The molecule has 1 unspecified atom stereocenters. The maximum atomic E-state index is 13.8. The molecule has 4 aromatic rings. The molecule has 0 radical (unpaired) electrons. The van der Waals surface area contributed by atoms with Gasteiger partial charge in [-0.1, -0.05) is 70.3 Å². The zero-order chi connectivity index (χ0) is 44.4. The molecule has 0 aliphatic rings. The van der Waals surface area contributed by atoms with E-state index in [1.165, 1.54) is 50.7 Å². The predicted octanol–water partition coefficient (Wildman–Crippen LogP) is 13.6. The lowest BCUT2D eigenvalue weighted by Crippen LogP contribution is -3.06. The summed E-state index contributed by atoms with van der Waals surface area (Å²) >= 11 is 0. The van der Waals surface area contributed by atoms with Crippen LogP contribution in [-0.4, -0.2) is 20.4 Å². The van der Waals surface area contributed by atoms with Crippen molar-refractivity contribution in [1.82, 2.24) is 0 Å². The number of halogens is 12. The van der Waals surface area contributed by atoms with E-state index in [-0.39, 0.29) is 22.9 Å². The van der Waals surface area contributed by atoms with Gasteiger partial charge in [-0.05, 0) is 80.4 Å². The van der Waals surface area contributed by atoms with Crippen molar-refractivity contribution in [1.29, 1.82) is 0 Å². The summed E-state index contributed by atoms with van der Waals surface area (Å²) in [6.07, 6.45) is -5.90. The molecule has 0 saturated carbocycles. The normalized spacial score (nSPS) is 12.6. The Morgan fingerprint density at radius 2 is 0.850 bits per heavy atom.